The Morgan fingerprint density at radius 1 is 1.32 bits per heavy atom. The quantitative estimate of drug-likeness (QED) is 0.858. The lowest BCUT2D eigenvalue weighted by Gasteiger charge is -2.33. The minimum absolute atomic E-state index is 0.244. The maximum atomic E-state index is 9.48. The van der Waals surface area contributed by atoms with Gasteiger partial charge in [-0.1, -0.05) is 31.0 Å². The molecule has 1 aliphatic carbocycles. The second-order valence-electron chi connectivity index (χ2n) is 5.46. The molecule has 2 rings (SSSR count). The van der Waals surface area contributed by atoms with E-state index in [2.05, 4.69) is 18.3 Å². The minimum atomic E-state index is 0.244. The second-order valence-corrected chi connectivity index (χ2v) is 5.46. The van der Waals surface area contributed by atoms with Crippen molar-refractivity contribution >= 4 is 0 Å². The molecule has 3 nitrogen and oxygen atoms in total. The first-order valence-corrected chi connectivity index (χ1v) is 7.26. The lowest BCUT2D eigenvalue weighted by molar-refractivity contribution is 0.147. The van der Waals surface area contributed by atoms with E-state index in [-0.39, 0.29) is 12.6 Å². The third-order valence-electron chi connectivity index (χ3n) is 4.21. The Bertz CT molecular complexity index is 394. The number of hydrogen-bond acceptors (Lipinski definition) is 3. The minimum Gasteiger partial charge on any atom is -0.496 e. The average molecular weight is 263 g/mol. The van der Waals surface area contributed by atoms with Crippen molar-refractivity contribution in [3.8, 4) is 5.75 Å². The third kappa shape index (κ3) is 3.48. The first-order valence-electron chi connectivity index (χ1n) is 7.26. The topological polar surface area (TPSA) is 41.5 Å². The SMILES string of the molecule is COc1ccccc1C(C)NC1CCCCC1CO. The van der Waals surface area contributed by atoms with E-state index in [1.54, 1.807) is 7.11 Å². The highest BCUT2D eigenvalue weighted by atomic mass is 16.5. The molecular weight excluding hydrogens is 238 g/mol. The number of hydrogen-bond donors (Lipinski definition) is 2. The zero-order valence-corrected chi connectivity index (χ0v) is 11.9. The fraction of sp³-hybridized carbons (Fsp3) is 0.625. The molecule has 106 valence electrons. The number of aliphatic hydroxyl groups excluding tert-OH is 1. The number of aliphatic hydroxyl groups is 1. The van der Waals surface area contributed by atoms with Crippen molar-refractivity contribution in [1.82, 2.24) is 5.32 Å². The van der Waals surface area contributed by atoms with Gasteiger partial charge in [-0.2, -0.15) is 0 Å². The van der Waals surface area contributed by atoms with Gasteiger partial charge in [0, 0.05) is 24.3 Å². The van der Waals surface area contributed by atoms with E-state index in [9.17, 15) is 5.11 Å². The molecule has 0 bridgehead atoms. The van der Waals surface area contributed by atoms with Crippen LogP contribution in [-0.2, 0) is 0 Å². The Kier molecular flexibility index (Phi) is 5.23. The zero-order chi connectivity index (χ0) is 13.7. The summed E-state index contributed by atoms with van der Waals surface area (Å²) in [5.41, 5.74) is 1.19. The fourth-order valence-corrected chi connectivity index (χ4v) is 3.08. The summed E-state index contributed by atoms with van der Waals surface area (Å²) >= 11 is 0. The van der Waals surface area contributed by atoms with E-state index in [1.165, 1.54) is 18.4 Å². The van der Waals surface area contributed by atoms with Crippen molar-refractivity contribution in [3.63, 3.8) is 0 Å². The third-order valence-corrected chi connectivity index (χ3v) is 4.21. The molecule has 1 aromatic carbocycles. The van der Waals surface area contributed by atoms with Crippen LogP contribution < -0.4 is 10.1 Å². The van der Waals surface area contributed by atoms with Crippen LogP contribution in [0.25, 0.3) is 0 Å². The van der Waals surface area contributed by atoms with Crippen LogP contribution in [0.5, 0.6) is 5.75 Å². The molecule has 3 heteroatoms. The zero-order valence-electron chi connectivity index (χ0n) is 11.9. The maximum absolute atomic E-state index is 9.48. The van der Waals surface area contributed by atoms with Crippen LogP contribution in [0.15, 0.2) is 24.3 Å². The van der Waals surface area contributed by atoms with Gasteiger partial charge in [0.1, 0.15) is 5.75 Å². The van der Waals surface area contributed by atoms with Gasteiger partial charge in [0.15, 0.2) is 0 Å². The van der Waals surface area contributed by atoms with Gasteiger partial charge in [0.25, 0.3) is 0 Å². The van der Waals surface area contributed by atoms with E-state index in [1.807, 2.05) is 18.2 Å². The Morgan fingerprint density at radius 2 is 2.05 bits per heavy atom. The van der Waals surface area contributed by atoms with Gasteiger partial charge < -0.3 is 15.2 Å². The number of ether oxygens (including phenoxy) is 1. The molecular formula is C16H25NO2. The highest BCUT2D eigenvalue weighted by molar-refractivity contribution is 5.35. The summed E-state index contributed by atoms with van der Waals surface area (Å²) in [7, 11) is 1.71. The average Bonchev–Trinajstić information content (AvgIpc) is 2.47. The lowest BCUT2D eigenvalue weighted by Crippen LogP contribution is -2.41. The van der Waals surface area contributed by atoms with Crippen LogP contribution in [0.3, 0.4) is 0 Å². The first-order chi connectivity index (χ1) is 9.26. The lowest BCUT2D eigenvalue weighted by atomic mass is 9.84. The predicted octanol–water partition coefficient (Wildman–Crippen LogP) is 2.90. The van der Waals surface area contributed by atoms with Crippen molar-refractivity contribution in [2.75, 3.05) is 13.7 Å². The van der Waals surface area contributed by atoms with Crippen LogP contribution in [0, 0.1) is 5.92 Å². The summed E-state index contributed by atoms with van der Waals surface area (Å²) in [5, 5.41) is 13.2. The van der Waals surface area contributed by atoms with E-state index in [4.69, 9.17) is 4.74 Å². The van der Waals surface area contributed by atoms with E-state index in [0.717, 1.165) is 18.6 Å². The highest BCUT2D eigenvalue weighted by Gasteiger charge is 2.26. The summed E-state index contributed by atoms with van der Waals surface area (Å²) in [6.07, 6.45) is 4.79. The molecule has 0 radical (unpaired) electrons. The van der Waals surface area contributed by atoms with Crippen LogP contribution in [0.1, 0.15) is 44.2 Å². The monoisotopic (exact) mass is 263 g/mol. The molecule has 3 unspecified atom stereocenters. The van der Waals surface area contributed by atoms with Crippen molar-refractivity contribution in [3.05, 3.63) is 29.8 Å². The van der Waals surface area contributed by atoms with E-state index < -0.39 is 0 Å². The van der Waals surface area contributed by atoms with Gasteiger partial charge in [0.05, 0.1) is 7.11 Å². The Hall–Kier alpha value is -1.06. The Labute approximate surface area is 116 Å². The molecule has 2 N–H and O–H groups in total. The molecule has 0 saturated heterocycles. The number of nitrogens with one attached hydrogen (secondary N) is 1. The number of para-hydroxylation sites is 1. The van der Waals surface area contributed by atoms with Crippen LogP contribution >= 0.6 is 0 Å². The van der Waals surface area contributed by atoms with Crippen molar-refractivity contribution in [2.45, 2.75) is 44.7 Å². The molecule has 1 aromatic rings. The molecule has 0 spiro atoms. The molecule has 0 amide bonds. The van der Waals surface area contributed by atoms with Gasteiger partial charge in [-0.25, -0.2) is 0 Å². The number of benzene rings is 1. The van der Waals surface area contributed by atoms with Crippen molar-refractivity contribution < 1.29 is 9.84 Å². The van der Waals surface area contributed by atoms with E-state index >= 15 is 0 Å². The molecule has 1 aliphatic rings. The van der Waals surface area contributed by atoms with Gasteiger partial charge in [0.2, 0.25) is 0 Å². The van der Waals surface area contributed by atoms with Gasteiger partial charge in [-0.05, 0) is 31.7 Å². The molecule has 0 heterocycles. The normalized spacial score (nSPS) is 25.0. The smallest absolute Gasteiger partial charge is 0.123 e. The second kappa shape index (κ2) is 6.92. The molecule has 0 aliphatic heterocycles. The van der Waals surface area contributed by atoms with Gasteiger partial charge in [-0.15, -0.1) is 0 Å². The Balaban J connectivity index is 2.05. The Morgan fingerprint density at radius 3 is 2.79 bits per heavy atom. The van der Waals surface area contributed by atoms with Crippen molar-refractivity contribution in [1.29, 1.82) is 0 Å². The molecule has 3 atom stereocenters. The van der Waals surface area contributed by atoms with Gasteiger partial charge in [-0.3, -0.25) is 0 Å². The summed E-state index contributed by atoms with van der Waals surface area (Å²) in [6, 6.07) is 8.80. The number of rotatable bonds is 5. The fourth-order valence-electron chi connectivity index (χ4n) is 3.08. The summed E-state index contributed by atoms with van der Waals surface area (Å²) in [4.78, 5) is 0. The summed E-state index contributed by atoms with van der Waals surface area (Å²) in [5.74, 6) is 1.32. The molecule has 19 heavy (non-hydrogen) atoms. The maximum Gasteiger partial charge on any atom is 0.123 e. The highest BCUT2D eigenvalue weighted by Crippen LogP contribution is 2.29. The van der Waals surface area contributed by atoms with Crippen molar-refractivity contribution in [2.24, 2.45) is 5.92 Å². The summed E-state index contributed by atoms with van der Waals surface area (Å²) < 4.78 is 5.42. The van der Waals surface area contributed by atoms with Gasteiger partial charge >= 0.3 is 0 Å². The molecule has 1 fully saturated rings. The molecule has 0 aromatic heterocycles. The van der Waals surface area contributed by atoms with Crippen LogP contribution in [0.4, 0.5) is 0 Å². The molecule has 1 saturated carbocycles. The number of methoxy groups -OCH3 is 1. The first kappa shape index (κ1) is 14.4. The predicted molar refractivity (Wildman–Crippen MR) is 77.4 cm³/mol. The van der Waals surface area contributed by atoms with E-state index in [0.29, 0.717) is 12.0 Å². The standard InChI is InChI=1S/C16H25NO2/c1-12(14-8-4-6-10-16(14)19-2)17-15-9-5-3-7-13(15)11-18/h4,6,8,10,12-13,15,17-18H,3,5,7,9,11H2,1-2H3. The summed E-state index contributed by atoms with van der Waals surface area (Å²) in [6.45, 7) is 2.46. The largest absolute Gasteiger partial charge is 0.496 e. The van der Waals surface area contributed by atoms with Crippen LogP contribution in [0.2, 0.25) is 0 Å². The van der Waals surface area contributed by atoms with Crippen LogP contribution in [-0.4, -0.2) is 24.9 Å².